The molecule has 3 aromatic rings. The maximum atomic E-state index is 12.0. The first-order chi connectivity index (χ1) is 14.6. The number of ether oxygens (including phenoxy) is 2. The van der Waals surface area contributed by atoms with Crippen molar-refractivity contribution in [3.05, 3.63) is 42.9 Å². The highest BCUT2D eigenvalue weighted by molar-refractivity contribution is 5.86. The van der Waals surface area contributed by atoms with Crippen LogP contribution in [0.2, 0.25) is 0 Å². The van der Waals surface area contributed by atoms with Crippen molar-refractivity contribution in [2.24, 2.45) is 0 Å². The Labute approximate surface area is 175 Å². The molecule has 4 rings (SSSR count). The lowest BCUT2D eigenvalue weighted by Gasteiger charge is -2.36. The van der Waals surface area contributed by atoms with Crippen LogP contribution in [0.4, 0.5) is 5.82 Å². The van der Waals surface area contributed by atoms with E-state index >= 15 is 0 Å². The van der Waals surface area contributed by atoms with Gasteiger partial charge in [-0.1, -0.05) is 18.2 Å². The molecule has 3 heterocycles. The van der Waals surface area contributed by atoms with Crippen LogP contribution in [-0.4, -0.2) is 64.1 Å². The number of rotatable bonds is 7. The van der Waals surface area contributed by atoms with Crippen molar-refractivity contribution in [1.82, 2.24) is 25.1 Å². The minimum absolute atomic E-state index is 0.0242. The Hall–Kier alpha value is -3.20. The zero-order chi connectivity index (χ0) is 20.9. The maximum Gasteiger partial charge on any atom is 0.258 e. The third-order valence-electron chi connectivity index (χ3n) is 4.89. The maximum absolute atomic E-state index is 12.0. The molecule has 1 N–H and O–H groups in total. The highest BCUT2D eigenvalue weighted by atomic mass is 16.5. The van der Waals surface area contributed by atoms with E-state index in [1.54, 1.807) is 17.2 Å². The average Bonchev–Trinajstić information content (AvgIpc) is 3.15. The number of amides is 1. The summed E-state index contributed by atoms with van der Waals surface area (Å²) in [6, 6.07) is 9.26. The highest BCUT2D eigenvalue weighted by Crippen LogP contribution is 2.25. The number of aromatic nitrogens is 4. The smallest absolute Gasteiger partial charge is 0.258 e. The molecule has 0 radical (unpaired) electrons. The molecule has 0 saturated carbocycles. The number of fused-ring (bicyclic) bond motifs is 1. The Balaban J connectivity index is 1.35. The molecular formula is C21H26N6O3. The lowest BCUT2D eigenvalue weighted by molar-refractivity contribution is -0.123. The summed E-state index contributed by atoms with van der Waals surface area (Å²) in [6.45, 7) is 6.59. The van der Waals surface area contributed by atoms with Crippen molar-refractivity contribution in [2.75, 3.05) is 31.1 Å². The number of hydrogen-bond donors (Lipinski definition) is 1. The highest BCUT2D eigenvalue weighted by Gasteiger charge is 2.25. The molecule has 1 aliphatic heterocycles. The molecule has 9 nitrogen and oxygen atoms in total. The minimum Gasteiger partial charge on any atom is -0.484 e. The molecule has 2 atom stereocenters. The van der Waals surface area contributed by atoms with E-state index in [9.17, 15) is 4.79 Å². The van der Waals surface area contributed by atoms with Crippen LogP contribution in [0, 0.1) is 0 Å². The van der Waals surface area contributed by atoms with Crippen molar-refractivity contribution in [3.63, 3.8) is 0 Å². The Morgan fingerprint density at radius 3 is 2.73 bits per heavy atom. The summed E-state index contributed by atoms with van der Waals surface area (Å²) in [5.41, 5.74) is 0.751. The van der Waals surface area contributed by atoms with E-state index in [4.69, 9.17) is 9.47 Å². The molecule has 158 valence electrons. The SMILES string of the molecule is C[C@@H]1CN(c2ncnc3c2cnn3CCNC(=O)COc2ccccc2)C[C@H](C)O1. The van der Waals surface area contributed by atoms with Crippen molar-refractivity contribution < 1.29 is 14.3 Å². The van der Waals surface area contributed by atoms with E-state index in [1.165, 1.54) is 0 Å². The van der Waals surface area contributed by atoms with Crippen LogP contribution >= 0.6 is 0 Å². The van der Waals surface area contributed by atoms with Gasteiger partial charge in [-0.2, -0.15) is 5.10 Å². The van der Waals surface area contributed by atoms with Gasteiger partial charge in [-0.25, -0.2) is 14.6 Å². The quantitative estimate of drug-likeness (QED) is 0.633. The lowest BCUT2D eigenvalue weighted by Crippen LogP contribution is -2.45. The zero-order valence-corrected chi connectivity index (χ0v) is 17.2. The third-order valence-corrected chi connectivity index (χ3v) is 4.89. The molecule has 0 unspecified atom stereocenters. The van der Waals surface area contributed by atoms with Gasteiger partial charge in [0.05, 0.1) is 30.3 Å². The number of hydrogen-bond acceptors (Lipinski definition) is 7. The summed E-state index contributed by atoms with van der Waals surface area (Å²) in [7, 11) is 0. The van der Waals surface area contributed by atoms with Gasteiger partial charge < -0.3 is 19.7 Å². The number of morpholine rings is 1. The summed E-state index contributed by atoms with van der Waals surface area (Å²) >= 11 is 0. The normalized spacial score (nSPS) is 19.1. The fourth-order valence-electron chi connectivity index (χ4n) is 3.66. The van der Waals surface area contributed by atoms with Crippen molar-refractivity contribution in [2.45, 2.75) is 32.6 Å². The van der Waals surface area contributed by atoms with Gasteiger partial charge in [0, 0.05) is 19.6 Å². The van der Waals surface area contributed by atoms with Gasteiger partial charge >= 0.3 is 0 Å². The molecule has 2 aromatic heterocycles. The summed E-state index contributed by atoms with van der Waals surface area (Å²) in [6.07, 6.45) is 3.63. The van der Waals surface area contributed by atoms with Crippen LogP contribution in [0.25, 0.3) is 11.0 Å². The lowest BCUT2D eigenvalue weighted by atomic mass is 10.2. The van der Waals surface area contributed by atoms with E-state index in [2.05, 4.69) is 39.1 Å². The summed E-state index contributed by atoms with van der Waals surface area (Å²) < 4.78 is 13.1. The summed E-state index contributed by atoms with van der Waals surface area (Å²) in [5, 5.41) is 8.20. The van der Waals surface area contributed by atoms with Gasteiger partial charge in [-0.15, -0.1) is 0 Å². The molecule has 1 aliphatic rings. The van der Waals surface area contributed by atoms with E-state index in [0.29, 0.717) is 18.8 Å². The van der Waals surface area contributed by atoms with Crippen LogP contribution in [0.3, 0.4) is 0 Å². The van der Waals surface area contributed by atoms with E-state index in [-0.39, 0.29) is 24.7 Å². The first-order valence-electron chi connectivity index (χ1n) is 10.1. The van der Waals surface area contributed by atoms with E-state index in [1.807, 2.05) is 30.3 Å². The monoisotopic (exact) mass is 410 g/mol. The van der Waals surface area contributed by atoms with Gasteiger partial charge in [0.15, 0.2) is 12.3 Å². The number of nitrogens with zero attached hydrogens (tertiary/aromatic N) is 5. The van der Waals surface area contributed by atoms with Crippen LogP contribution < -0.4 is 15.0 Å². The number of para-hydroxylation sites is 1. The molecular weight excluding hydrogens is 384 g/mol. The molecule has 0 spiro atoms. The fourth-order valence-corrected chi connectivity index (χ4v) is 3.66. The standard InChI is InChI=1S/C21H26N6O3/c1-15-11-26(12-16(2)30-15)20-18-10-25-27(21(18)24-14-23-20)9-8-22-19(28)13-29-17-6-4-3-5-7-17/h3-7,10,14-16H,8-9,11-13H2,1-2H3,(H,22,28)/t15-,16+. The molecule has 1 amide bonds. The molecule has 0 aliphatic carbocycles. The van der Waals surface area contributed by atoms with Gasteiger partial charge in [-0.05, 0) is 26.0 Å². The third kappa shape index (κ3) is 4.68. The second-order valence-electron chi connectivity index (χ2n) is 7.42. The first-order valence-corrected chi connectivity index (χ1v) is 10.1. The van der Waals surface area contributed by atoms with E-state index in [0.717, 1.165) is 29.9 Å². The van der Waals surface area contributed by atoms with Crippen molar-refractivity contribution in [3.8, 4) is 5.75 Å². The molecule has 0 bridgehead atoms. The Morgan fingerprint density at radius 1 is 1.20 bits per heavy atom. The molecule has 1 fully saturated rings. The van der Waals surface area contributed by atoms with Gasteiger partial charge in [0.25, 0.3) is 5.91 Å². The number of carbonyl (C=O) groups is 1. The number of benzene rings is 1. The topological polar surface area (TPSA) is 94.4 Å². The van der Waals surface area contributed by atoms with Crippen LogP contribution in [0.15, 0.2) is 42.9 Å². The van der Waals surface area contributed by atoms with Crippen molar-refractivity contribution in [1.29, 1.82) is 0 Å². The summed E-state index contributed by atoms with van der Waals surface area (Å²) in [5.74, 6) is 1.36. The second-order valence-corrected chi connectivity index (χ2v) is 7.42. The number of anilines is 1. The van der Waals surface area contributed by atoms with Gasteiger partial charge in [0.2, 0.25) is 0 Å². The average molecular weight is 410 g/mol. The molecule has 30 heavy (non-hydrogen) atoms. The summed E-state index contributed by atoms with van der Waals surface area (Å²) in [4.78, 5) is 23.1. The first kappa shape index (κ1) is 20.1. The number of carbonyl (C=O) groups excluding carboxylic acids is 1. The Bertz CT molecular complexity index is 983. The zero-order valence-electron chi connectivity index (χ0n) is 17.2. The predicted octanol–water partition coefficient (Wildman–Crippen LogP) is 1.64. The molecule has 9 heteroatoms. The van der Waals surface area contributed by atoms with Gasteiger partial charge in [0.1, 0.15) is 17.9 Å². The molecule has 1 aromatic carbocycles. The Morgan fingerprint density at radius 2 is 1.97 bits per heavy atom. The fraction of sp³-hybridized carbons (Fsp3) is 0.429. The molecule has 1 saturated heterocycles. The van der Waals surface area contributed by atoms with Crippen LogP contribution in [-0.2, 0) is 16.1 Å². The largest absolute Gasteiger partial charge is 0.484 e. The van der Waals surface area contributed by atoms with E-state index < -0.39 is 0 Å². The van der Waals surface area contributed by atoms with Crippen molar-refractivity contribution >= 4 is 22.8 Å². The Kier molecular flexibility index (Phi) is 6.08. The second kappa shape index (κ2) is 9.08. The van der Waals surface area contributed by atoms with Gasteiger partial charge in [-0.3, -0.25) is 4.79 Å². The number of nitrogens with one attached hydrogen (secondary N) is 1. The van der Waals surface area contributed by atoms with Crippen LogP contribution in [0.1, 0.15) is 13.8 Å². The minimum atomic E-state index is -0.179. The predicted molar refractivity (Wildman–Crippen MR) is 112 cm³/mol. The van der Waals surface area contributed by atoms with Crippen LogP contribution in [0.5, 0.6) is 5.75 Å².